The van der Waals surface area contributed by atoms with Crippen molar-refractivity contribution >= 4 is 11.0 Å². The van der Waals surface area contributed by atoms with Crippen LogP contribution in [0.15, 0.2) is 40.9 Å². The second-order valence-electron chi connectivity index (χ2n) is 6.60. The normalized spacial score (nSPS) is 13.0. The van der Waals surface area contributed by atoms with Crippen molar-refractivity contribution in [3.05, 3.63) is 42.1 Å². The summed E-state index contributed by atoms with van der Waals surface area (Å²) in [6.07, 6.45) is 2.49. The van der Waals surface area contributed by atoms with Crippen LogP contribution in [-0.4, -0.2) is 27.5 Å². The Morgan fingerprint density at radius 1 is 1.29 bits per heavy atom. The standard InChI is InChI=1S/C19H25N3O2/c1-13(2)16(23)8-9-20-11-15-12-22(3)21-19(15)18-10-14-6-4-5-7-17(14)24-18/h4-7,10,12-13,16,20,23H,8-9,11H2,1-3H3. The fourth-order valence-corrected chi connectivity index (χ4v) is 2.78. The van der Waals surface area contributed by atoms with Crippen molar-refractivity contribution in [1.29, 1.82) is 0 Å². The topological polar surface area (TPSA) is 63.2 Å². The fraction of sp³-hybridized carbons (Fsp3) is 0.421. The van der Waals surface area contributed by atoms with Crippen LogP contribution in [0.5, 0.6) is 0 Å². The maximum atomic E-state index is 9.87. The summed E-state index contributed by atoms with van der Waals surface area (Å²) in [7, 11) is 1.91. The number of benzene rings is 1. The number of para-hydroxylation sites is 1. The van der Waals surface area contributed by atoms with E-state index in [1.165, 1.54) is 0 Å². The van der Waals surface area contributed by atoms with Crippen molar-refractivity contribution in [1.82, 2.24) is 15.1 Å². The zero-order chi connectivity index (χ0) is 17.1. The Bertz CT molecular complexity index is 771. The Morgan fingerprint density at radius 3 is 2.83 bits per heavy atom. The average Bonchev–Trinajstić information content (AvgIpc) is 3.14. The van der Waals surface area contributed by atoms with Crippen LogP contribution in [0.4, 0.5) is 0 Å². The van der Waals surface area contributed by atoms with Crippen molar-refractivity contribution < 1.29 is 9.52 Å². The van der Waals surface area contributed by atoms with Gasteiger partial charge in [0.05, 0.1) is 6.10 Å². The summed E-state index contributed by atoms with van der Waals surface area (Å²) in [4.78, 5) is 0. The molecular weight excluding hydrogens is 302 g/mol. The number of rotatable bonds is 7. The average molecular weight is 327 g/mol. The molecule has 0 fully saturated rings. The molecule has 0 aliphatic carbocycles. The van der Waals surface area contributed by atoms with E-state index in [0.29, 0.717) is 6.54 Å². The molecular formula is C19H25N3O2. The first-order chi connectivity index (χ1) is 11.5. The smallest absolute Gasteiger partial charge is 0.156 e. The number of hydrogen-bond donors (Lipinski definition) is 2. The van der Waals surface area contributed by atoms with Crippen molar-refractivity contribution in [3.63, 3.8) is 0 Å². The van der Waals surface area contributed by atoms with E-state index in [0.717, 1.165) is 41.0 Å². The molecule has 0 amide bonds. The molecule has 2 N–H and O–H groups in total. The van der Waals surface area contributed by atoms with Gasteiger partial charge >= 0.3 is 0 Å². The highest BCUT2D eigenvalue weighted by molar-refractivity contribution is 5.82. The Morgan fingerprint density at radius 2 is 2.08 bits per heavy atom. The van der Waals surface area contributed by atoms with E-state index in [2.05, 4.69) is 10.4 Å². The second kappa shape index (κ2) is 7.20. The SMILES string of the molecule is CC(C)C(O)CCNCc1cn(C)nc1-c1cc2ccccc2o1. The third-order valence-electron chi connectivity index (χ3n) is 4.27. The van der Waals surface area contributed by atoms with Crippen LogP contribution in [-0.2, 0) is 13.6 Å². The van der Waals surface area contributed by atoms with Gasteiger partial charge in [0.25, 0.3) is 0 Å². The van der Waals surface area contributed by atoms with Crippen LogP contribution in [0.3, 0.4) is 0 Å². The zero-order valence-electron chi connectivity index (χ0n) is 14.5. The number of furan rings is 1. The van der Waals surface area contributed by atoms with Gasteiger partial charge in [-0.1, -0.05) is 32.0 Å². The fourth-order valence-electron chi connectivity index (χ4n) is 2.78. The first-order valence-electron chi connectivity index (χ1n) is 8.45. The molecule has 3 aromatic rings. The molecule has 0 spiro atoms. The molecule has 0 saturated heterocycles. The van der Waals surface area contributed by atoms with Gasteiger partial charge in [-0.25, -0.2) is 0 Å². The number of nitrogens with one attached hydrogen (secondary N) is 1. The van der Waals surface area contributed by atoms with E-state index in [9.17, 15) is 5.11 Å². The number of fused-ring (bicyclic) bond motifs is 1. The summed E-state index contributed by atoms with van der Waals surface area (Å²) >= 11 is 0. The molecule has 2 aromatic heterocycles. The lowest BCUT2D eigenvalue weighted by molar-refractivity contribution is 0.116. The molecule has 2 heterocycles. The molecule has 1 aromatic carbocycles. The van der Waals surface area contributed by atoms with E-state index in [1.807, 2.05) is 62.1 Å². The number of aryl methyl sites for hydroxylation is 1. The summed E-state index contributed by atoms with van der Waals surface area (Å²) < 4.78 is 7.75. The molecule has 0 radical (unpaired) electrons. The third kappa shape index (κ3) is 3.68. The van der Waals surface area contributed by atoms with Crippen LogP contribution in [0.2, 0.25) is 0 Å². The summed E-state index contributed by atoms with van der Waals surface area (Å²) in [6.45, 7) is 5.54. The Labute approximate surface area is 142 Å². The van der Waals surface area contributed by atoms with Crippen LogP contribution >= 0.6 is 0 Å². The van der Waals surface area contributed by atoms with Gasteiger partial charge < -0.3 is 14.8 Å². The van der Waals surface area contributed by atoms with E-state index in [-0.39, 0.29) is 12.0 Å². The van der Waals surface area contributed by atoms with Crippen LogP contribution in [0.25, 0.3) is 22.4 Å². The first kappa shape index (κ1) is 16.7. The van der Waals surface area contributed by atoms with Crippen LogP contribution in [0.1, 0.15) is 25.8 Å². The minimum absolute atomic E-state index is 0.263. The van der Waals surface area contributed by atoms with Crippen LogP contribution in [0, 0.1) is 5.92 Å². The predicted octanol–water partition coefficient (Wildman–Crippen LogP) is 3.33. The molecule has 128 valence electrons. The summed E-state index contributed by atoms with van der Waals surface area (Å²) in [5.41, 5.74) is 2.83. The van der Waals surface area contributed by atoms with Crippen molar-refractivity contribution in [2.75, 3.05) is 6.54 Å². The minimum atomic E-state index is -0.263. The zero-order valence-corrected chi connectivity index (χ0v) is 14.5. The van der Waals surface area contributed by atoms with Gasteiger partial charge in [-0.3, -0.25) is 4.68 Å². The van der Waals surface area contributed by atoms with Gasteiger partial charge in [0.15, 0.2) is 5.76 Å². The second-order valence-corrected chi connectivity index (χ2v) is 6.60. The van der Waals surface area contributed by atoms with E-state index < -0.39 is 0 Å². The molecule has 0 aliphatic rings. The quantitative estimate of drug-likeness (QED) is 0.653. The highest BCUT2D eigenvalue weighted by Gasteiger charge is 2.15. The molecule has 0 bridgehead atoms. The maximum absolute atomic E-state index is 9.87. The predicted molar refractivity (Wildman–Crippen MR) is 95.6 cm³/mol. The molecule has 1 atom stereocenters. The highest BCUT2D eigenvalue weighted by Crippen LogP contribution is 2.28. The molecule has 5 heteroatoms. The highest BCUT2D eigenvalue weighted by atomic mass is 16.3. The minimum Gasteiger partial charge on any atom is -0.454 e. The van der Waals surface area contributed by atoms with Gasteiger partial charge in [0.1, 0.15) is 11.3 Å². The summed E-state index contributed by atoms with van der Waals surface area (Å²) in [5.74, 6) is 1.08. The largest absolute Gasteiger partial charge is 0.454 e. The number of aliphatic hydroxyl groups is 1. The molecule has 3 rings (SSSR count). The van der Waals surface area contributed by atoms with E-state index in [4.69, 9.17) is 4.42 Å². The monoisotopic (exact) mass is 327 g/mol. The summed E-state index contributed by atoms with van der Waals surface area (Å²) in [5, 5.41) is 18.9. The van der Waals surface area contributed by atoms with Gasteiger partial charge in [-0.15, -0.1) is 0 Å². The van der Waals surface area contributed by atoms with E-state index >= 15 is 0 Å². The Kier molecular flexibility index (Phi) is 5.02. The number of nitrogens with zero attached hydrogens (tertiary/aromatic N) is 2. The maximum Gasteiger partial charge on any atom is 0.156 e. The molecule has 0 saturated carbocycles. The lowest BCUT2D eigenvalue weighted by Gasteiger charge is -2.14. The number of hydrogen-bond acceptors (Lipinski definition) is 4. The lowest BCUT2D eigenvalue weighted by atomic mass is 10.0. The van der Waals surface area contributed by atoms with Crippen molar-refractivity contribution in [2.45, 2.75) is 32.9 Å². The molecule has 1 unspecified atom stereocenters. The Balaban J connectivity index is 1.71. The molecule has 0 aliphatic heterocycles. The van der Waals surface area contributed by atoms with Crippen LogP contribution < -0.4 is 5.32 Å². The van der Waals surface area contributed by atoms with Gasteiger partial charge in [-0.2, -0.15) is 5.10 Å². The van der Waals surface area contributed by atoms with Gasteiger partial charge in [-0.05, 0) is 31.0 Å². The van der Waals surface area contributed by atoms with Gasteiger partial charge in [0.2, 0.25) is 0 Å². The number of aromatic nitrogens is 2. The lowest BCUT2D eigenvalue weighted by Crippen LogP contribution is -2.23. The first-order valence-corrected chi connectivity index (χ1v) is 8.45. The third-order valence-corrected chi connectivity index (χ3v) is 4.27. The summed E-state index contributed by atoms with van der Waals surface area (Å²) in [6, 6.07) is 10.0. The van der Waals surface area contributed by atoms with Gasteiger partial charge in [0, 0.05) is 30.7 Å². The van der Waals surface area contributed by atoms with Crippen molar-refractivity contribution in [3.8, 4) is 11.5 Å². The van der Waals surface area contributed by atoms with E-state index in [1.54, 1.807) is 0 Å². The number of aliphatic hydroxyl groups excluding tert-OH is 1. The molecule has 5 nitrogen and oxygen atoms in total. The van der Waals surface area contributed by atoms with Crippen molar-refractivity contribution in [2.24, 2.45) is 13.0 Å². The Hall–Kier alpha value is -2.11. The molecule has 24 heavy (non-hydrogen) atoms.